The van der Waals surface area contributed by atoms with Crippen molar-refractivity contribution < 1.29 is 15.0 Å². The number of nitrogens with one attached hydrogen (secondary N) is 1. The Labute approximate surface area is 81.3 Å². The summed E-state index contributed by atoms with van der Waals surface area (Å²) in [6.07, 6.45) is 1.16. The van der Waals surface area contributed by atoms with Crippen LogP contribution in [0.25, 0.3) is 0 Å². The highest BCUT2D eigenvalue weighted by atomic mass is 16.3. The van der Waals surface area contributed by atoms with Gasteiger partial charge in [-0.15, -0.1) is 0 Å². The molecule has 3 N–H and O–H groups in total. The van der Waals surface area contributed by atoms with E-state index in [2.05, 4.69) is 11.9 Å². The van der Waals surface area contributed by atoms with Crippen LogP contribution in [-0.4, -0.2) is 27.2 Å². The predicted octanol–water partition coefficient (Wildman–Crippen LogP) is 0.201. The maximum absolute atomic E-state index is 10.7. The fourth-order valence-corrected chi connectivity index (χ4v) is 1.04. The van der Waals surface area contributed by atoms with Crippen molar-refractivity contribution in [2.75, 3.05) is 6.54 Å². The molecule has 1 heterocycles. The van der Waals surface area contributed by atoms with Crippen molar-refractivity contribution in [3.05, 3.63) is 24.8 Å². The second-order valence-electron chi connectivity index (χ2n) is 2.70. The minimum atomic E-state index is -0.281. The molecule has 0 fully saturated rings. The van der Waals surface area contributed by atoms with Crippen molar-refractivity contribution >= 4 is 5.91 Å². The van der Waals surface area contributed by atoms with E-state index >= 15 is 0 Å². The first-order valence-electron chi connectivity index (χ1n) is 4.13. The van der Waals surface area contributed by atoms with Gasteiger partial charge in [0, 0.05) is 25.2 Å². The van der Waals surface area contributed by atoms with Crippen molar-refractivity contribution in [2.45, 2.75) is 6.54 Å². The van der Waals surface area contributed by atoms with Crippen molar-refractivity contribution in [3.8, 4) is 11.8 Å². The second-order valence-corrected chi connectivity index (χ2v) is 2.70. The first-order chi connectivity index (χ1) is 6.65. The third-order valence-corrected chi connectivity index (χ3v) is 1.75. The van der Waals surface area contributed by atoms with Crippen LogP contribution >= 0.6 is 0 Å². The van der Waals surface area contributed by atoms with Crippen LogP contribution in [0.15, 0.2) is 24.8 Å². The van der Waals surface area contributed by atoms with Gasteiger partial charge < -0.3 is 15.5 Å². The van der Waals surface area contributed by atoms with Crippen LogP contribution in [-0.2, 0) is 11.3 Å². The average Bonchev–Trinajstić information content (AvgIpc) is 2.48. The topological polar surface area (TPSA) is 74.5 Å². The molecule has 0 bridgehead atoms. The lowest BCUT2D eigenvalue weighted by molar-refractivity contribution is -0.116. The molecule has 1 aromatic rings. The molecule has 0 aliphatic heterocycles. The minimum absolute atomic E-state index is 0.0321. The maximum Gasteiger partial charge on any atom is 0.243 e. The van der Waals surface area contributed by atoms with E-state index in [0.717, 1.165) is 6.08 Å². The average molecular weight is 196 g/mol. The molecule has 1 amide bonds. The van der Waals surface area contributed by atoms with Gasteiger partial charge in [0.2, 0.25) is 5.91 Å². The molecule has 5 heteroatoms. The molecule has 0 saturated heterocycles. The molecule has 0 aliphatic carbocycles. The number of aromatic hydroxyl groups is 2. The quantitative estimate of drug-likeness (QED) is 0.602. The number of rotatable bonds is 4. The molecule has 14 heavy (non-hydrogen) atoms. The second kappa shape index (κ2) is 4.36. The summed E-state index contributed by atoms with van der Waals surface area (Å²) in [4.78, 5) is 10.7. The molecule has 76 valence electrons. The molecular weight excluding hydrogens is 184 g/mol. The van der Waals surface area contributed by atoms with E-state index in [9.17, 15) is 15.0 Å². The summed E-state index contributed by atoms with van der Waals surface area (Å²) >= 11 is 0. The van der Waals surface area contributed by atoms with Crippen LogP contribution in [0.1, 0.15) is 0 Å². The van der Waals surface area contributed by atoms with Crippen LogP contribution in [0, 0.1) is 0 Å². The van der Waals surface area contributed by atoms with E-state index < -0.39 is 0 Å². The van der Waals surface area contributed by atoms with Gasteiger partial charge in [-0.3, -0.25) is 9.36 Å². The highest BCUT2D eigenvalue weighted by molar-refractivity contribution is 5.86. The monoisotopic (exact) mass is 196 g/mol. The van der Waals surface area contributed by atoms with Crippen LogP contribution in [0.2, 0.25) is 0 Å². The smallest absolute Gasteiger partial charge is 0.243 e. The SMILES string of the molecule is C=CC(=O)NCCn1c(O)ccc1O. The van der Waals surface area contributed by atoms with Gasteiger partial charge in [-0.05, 0) is 6.08 Å². The number of hydrogen-bond donors (Lipinski definition) is 3. The highest BCUT2D eigenvalue weighted by Gasteiger charge is 2.04. The summed E-state index contributed by atoms with van der Waals surface area (Å²) in [6, 6.07) is 2.76. The largest absolute Gasteiger partial charge is 0.494 e. The highest BCUT2D eigenvalue weighted by Crippen LogP contribution is 2.19. The molecule has 0 aliphatic rings. The van der Waals surface area contributed by atoms with Crippen molar-refractivity contribution in [1.29, 1.82) is 0 Å². The minimum Gasteiger partial charge on any atom is -0.494 e. The lowest BCUT2D eigenvalue weighted by Crippen LogP contribution is -2.24. The first-order valence-corrected chi connectivity index (χ1v) is 4.13. The number of carbonyl (C=O) groups is 1. The zero-order valence-corrected chi connectivity index (χ0v) is 7.60. The van der Waals surface area contributed by atoms with Crippen LogP contribution in [0.5, 0.6) is 11.8 Å². The van der Waals surface area contributed by atoms with E-state index in [0.29, 0.717) is 13.1 Å². The van der Waals surface area contributed by atoms with Crippen LogP contribution in [0.4, 0.5) is 0 Å². The summed E-state index contributed by atoms with van der Waals surface area (Å²) in [5.41, 5.74) is 0. The zero-order valence-electron chi connectivity index (χ0n) is 7.60. The van der Waals surface area contributed by atoms with Gasteiger partial charge in [0.1, 0.15) is 0 Å². The lowest BCUT2D eigenvalue weighted by Gasteiger charge is -2.06. The molecule has 5 nitrogen and oxygen atoms in total. The Morgan fingerprint density at radius 2 is 2.07 bits per heavy atom. The van der Waals surface area contributed by atoms with Crippen molar-refractivity contribution in [3.63, 3.8) is 0 Å². The van der Waals surface area contributed by atoms with Gasteiger partial charge in [-0.25, -0.2) is 0 Å². The summed E-state index contributed by atoms with van der Waals surface area (Å²) in [6.45, 7) is 3.92. The predicted molar refractivity (Wildman–Crippen MR) is 51.0 cm³/mol. The van der Waals surface area contributed by atoms with Crippen molar-refractivity contribution in [1.82, 2.24) is 9.88 Å². The summed E-state index contributed by atoms with van der Waals surface area (Å²) in [5, 5.41) is 21.0. The molecule has 0 aromatic carbocycles. The van der Waals surface area contributed by atoms with E-state index in [-0.39, 0.29) is 17.7 Å². The molecule has 1 rings (SSSR count). The Kier molecular flexibility index (Phi) is 3.17. The molecule has 0 atom stereocenters. The lowest BCUT2D eigenvalue weighted by atomic mass is 10.5. The normalized spacial score (nSPS) is 9.71. The number of nitrogens with zero attached hydrogens (tertiary/aromatic N) is 1. The Morgan fingerprint density at radius 1 is 1.50 bits per heavy atom. The molecule has 0 radical (unpaired) electrons. The molecule has 0 unspecified atom stereocenters. The van der Waals surface area contributed by atoms with Gasteiger partial charge in [0.05, 0.1) is 0 Å². The van der Waals surface area contributed by atoms with E-state index in [1.54, 1.807) is 0 Å². The third-order valence-electron chi connectivity index (χ3n) is 1.75. The van der Waals surface area contributed by atoms with E-state index in [1.165, 1.54) is 16.7 Å². The van der Waals surface area contributed by atoms with E-state index in [1.807, 2.05) is 0 Å². The maximum atomic E-state index is 10.7. The van der Waals surface area contributed by atoms with Crippen LogP contribution in [0.3, 0.4) is 0 Å². The van der Waals surface area contributed by atoms with Gasteiger partial charge in [0.25, 0.3) is 0 Å². The fourth-order valence-electron chi connectivity index (χ4n) is 1.04. The van der Waals surface area contributed by atoms with Gasteiger partial charge in [-0.1, -0.05) is 6.58 Å². The Bertz CT molecular complexity index is 324. The van der Waals surface area contributed by atoms with Crippen molar-refractivity contribution in [2.24, 2.45) is 0 Å². The molecule has 0 spiro atoms. The molecule has 0 saturated carbocycles. The first kappa shape index (κ1) is 10.2. The van der Waals surface area contributed by atoms with Gasteiger partial charge >= 0.3 is 0 Å². The standard InChI is InChI=1S/C9H12N2O3/c1-2-7(12)10-5-6-11-8(13)3-4-9(11)14/h2-4,13-14H,1,5-6H2,(H,10,12). The molecular formula is C9H12N2O3. The number of carbonyl (C=O) groups excluding carboxylic acids is 1. The summed E-state index contributed by atoms with van der Waals surface area (Å²) < 4.78 is 1.28. The Hall–Kier alpha value is -1.91. The van der Waals surface area contributed by atoms with Gasteiger partial charge in [0.15, 0.2) is 11.8 Å². The Balaban J connectivity index is 2.46. The molecule has 1 aromatic heterocycles. The zero-order chi connectivity index (χ0) is 10.6. The summed E-state index contributed by atoms with van der Waals surface area (Å²) in [5.74, 6) is -0.346. The van der Waals surface area contributed by atoms with Gasteiger partial charge in [-0.2, -0.15) is 0 Å². The Morgan fingerprint density at radius 3 is 2.57 bits per heavy atom. The third kappa shape index (κ3) is 2.29. The van der Waals surface area contributed by atoms with E-state index in [4.69, 9.17) is 0 Å². The number of amides is 1. The number of hydrogen-bond acceptors (Lipinski definition) is 3. The number of aromatic nitrogens is 1. The summed E-state index contributed by atoms with van der Waals surface area (Å²) in [7, 11) is 0. The van der Waals surface area contributed by atoms with Crippen LogP contribution < -0.4 is 5.32 Å². The fraction of sp³-hybridized carbons (Fsp3) is 0.222.